The van der Waals surface area contributed by atoms with Crippen molar-refractivity contribution in [1.29, 1.82) is 0 Å². The summed E-state index contributed by atoms with van der Waals surface area (Å²) in [5.41, 5.74) is 0.733. The highest BCUT2D eigenvalue weighted by Gasteiger charge is 2.19. The number of primary sulfonamides is 1. The lowest BCUT2D eigenvalue weighted by molar-refractivity contribution is 0.102. The Balaban J connectivity index is 2.30. The molecule has 10 heteroatoms. The molecule has 0 atom stereocenters. The number of hydrogen-bond donors (Lipinski definition) is 2. The van der Waals surface area contributed by atoms with Crippen LogP contribution in [0.1, 0.15) is 16.1 Å². The Labute approximate surface area is 147 Å². The molecule has 2 rings (SSSR count). The molecule has 3 N–H and O–H groups in total. The Hall–Kier alpha value is -0.560. The predicted octanol–water partition coefficient (Wildman–Crippen LogP) is 2.72. The summed E-state index contributed by atoms with van der Waals surface area (Å²) >= 11 is 6.17. The number of rotatable bonds is 3. The van der Waals surface area contributed by atoms with Gasteiger partial charge in [0, 0.05) is 8.04 Å². The van der Waals surface area contributed by atoms with Crippen LogP contribution >= 0.6 is 49.9 Å². The van der Waals surface area contributed by atoms with Gasteiger partial charge >= 0.3 is 0 Å². The van der Waals surface area contributed by atoms with Crippen molar-refractivity contribution in [1.82, 2.24) is 4.98 Å². The lowest BCUT2D eigenvalue weighted by atomic mass is 10.2. The lowest BCUT2D eigenvalue weighted by Crippen LogP contribution is -2.13. The molecule has 0 fully saturated rings. The summed E-state index contributed by atoms with van der Waals surface area (Å²) in [5.74, 6) is -0.365. The summed E-state index contributed by atoms with van der Waals surface area (Å²) in [6, 6.07) is 5.30. The van der Waals surface area contributed by atoms with Gasteiger partial charge in [-0.2, -0.15) is 0 Å². The fourth-order valence-electron chi connectivity index (χ4n) is 1.54. The third-order valence-corrected chi connectivity index (χ3v) is 6.47. The van der Waals surface area contributed by atoms with Gasteiger partial charge in [-0.15, -0.1) is 0 Å². The zero-order chi connectivity index (χ0) is 15.8. The number of hydrogen-bond acceptors (Lipinski definition) is 5. The van der Waals surface area contributed by atoms with E-state index < -0.39 is 10.0 Å². The van der Waals surface area contributed by atoms with Crippen LogP contribution in [0, 0.1) is 10.5 Å². The van der Waals surface area contributed by atoms with Crippen molar-refractivity contribution in [3.8, 4) is 0 Å². The van der Waals surface area contributed by atoms with E-state index in [1.54, 1.807) is 12.1 Å². The summed E-state index contributed by atoms with van der Waals surface area (Å²) in [4.78, 5) is 16.2. The van der Waals surface area contributed by atoms with Gasteiger partial charge in [0.05, 0.1) is 11.3 Å². The number of amides is 1. The largest absolute Gasteiger partial charge is 0.298 e. The lowest BCUT2D eigenvalue weighted by Gasteiger charge is -2.04. The van der Waals surface area contributed by atoms with Crippen molar-refractivity contribution in [2.75, 3.05) is 5.32 Å². The van der Waals surface area contributed by atoms with Crippen LogP contribution < -0.4 is 10.5 Å². The Bertz CT molecular complexity index is 820. The van der Waals surface area contributed by atoms with E-state index in [2.05, 4.69) is 26.2 Å². The molecule has 0 bridgehead atoms. The van der Waals surface area contributed by atoms with E-state index in [9.17, 15) is 13.2 Å². The number of anilines is 1. The quantitative estimate of drug-likeness (QED) is 0.631. The summed E-state index contributed by atoms with van der Waals surface area (Å²) < 4.78 is 24.2. The molecule has 0 spiro atoms. The Morgan fingerprint density at radius 3 is 2.71 bits per heavy atom. The Morgan fingerprint density at radius 2 is 2.14 bits per heavy atom. The van der Waals surface area contributed by atoms with Gasteiger partial charge in [-0.3, -0.25) is 10.1 Å². The van der Waals surface area contributed by atoms with E-state index in [4.69, 9.17) is 5.14 Å². The maximum absolute atomic E-state index is 12.2. The number of halogens is 2. The molecule has 0 aliphatic rings. The number of aryl methyl sites for hydroxylation is 1. The van der Waals surface area contributed by atoms with E-state index >= 15 is 0 Å². The Kier molecular flexibility index (Phi) is 5.03. The first-order valence-corrected chi connectivity index (χ1v) is 9.68. The van der Waals surface area contributed by atoms with Crippen LogP contribution in [0.3, 0.4) is 0 Å². The average molecular weight is 502 g/mol. The van der Waals surface area contributed by atoms with Gasteiger partial charge in [0.2, 0.25) is 10.0 Å². The number of nitrogens with one attached hydrogen (secondary N) is 1. The van der Waals surface area contributed by atoms with Crippen LogP contribution in [0.5, 0.6) is 0 Å². The van der Waals surface area contributed by atoms with Crippen molar-refractivity contribution < 1.29 is 13.2 Å². The van der Waals surface area contributed by atoms with Gasteiger partial charge in [-0.05, 0) is 47.7 Å². The smallest absolute Gasteiger partial charge is 0.258 e. The number of benzene rings is 1. The topological polar surface area (TPSA) is 102 Å². The van der Waals surface area contributed by atoms with E-state index in [0.717, 1.165) is 19.4 Å². The standard InChI is InChI=1S/C11H9BrIN3O3S2/c1-5-10(21(14,18)19)20-11(15-5)16-9(17)7-4-6(12)2-3-8(7)13/h2-4H,1H3,(H2,14,18,19)(H,15,16,17). The van der Waals surface area contributed by atoms with Crippen molar-refractivity contribution in [2.45, 2.75) is 11.1 Å². The summed E-state index contributed by atoms with van der Waals surface area (Å²) in [6.45, 7) is 1.52. The van der Waals surface area contributed by atoms with E-state index in [-0.39, 0.29) is 20.9 Å². The molecule has 0 unspecified atom stereocenters. The fourth-order valence-corrected chi connectivity index (χ4v) is 4.33. The molecule has 6 nitrogen and oxygen atoms in total. The molecular formula is C11H9BrIN3O3S2. The van der Waals surface area contributed by atoms with Crippen LogP contribution in [-0.2, 0) is 10.0 Å². The highest BCUT2D eigenvalue weighted by Crippen LogP contribution is 2.27. The maximum atomic E-state index is 12.2. The van der Waals surface area contributed by atoms with E-state index in [1.807, 2.05) is 28.7 Å². The number of sulfonamides is 1. The van der Waals surface area contributed by atoms with Crippen molar-refractivity contribution in [3.63, 3.8) is 0 Å². The normalized spacial score (nSPS) is 11.4. The molecule has 0 saturated heterocycles. The molecular weight excluding hydrogens is 493 g/mol. The minimum Gasteiger partial charge on any atom is -0.298 e. The molecule has 21 heavy (non-hydrogen) atoms. The SMILES string of the molecule is Cc1nc(NC(=O)c2cc(Br)ccc2I)sc1S(N)(=O)=O. The highest BCUT2D eigenvalue weighted by atomic mass is 127. The van der Waals surface area contributed by atoms with E-state index in [0.29, 0.717) is 5.56 Å². The van der Waals surface area contributed by atoms with Gasteiger partial charge in [-0.1, -0.05) is 27.3 Å². The van der Waals surface area contributed by atoms with Crippen LogP contribution in [0.15, 0.2) is 26.9 Å². The van der Waals surface area contributed by atoms with Crippen LogP contribution in [0.25, 0.3) is 0 Å². The van der Waals surface area contributed by atoms with Gasteiger partial charge in [0.15, 0.2) is 9.34 Å². The summed E-state index contributed by atoms with van der Waals surface area (Å²) in [6.07, 6.45) is 0. The molecule has 1 aromatic heterocycles. The van der Waals surface area contributed by atoms with Gasteiger partial charge < -0.3 is 0 Å². The molecule has 1 heterocycles. The van der Waals surface area contributed by atoms with E-state index in [1.165, 1.54) is 6.92 Å². The third-order valence-electron chi connectivity index (χ3n) is 2.41. The number of nitrogens with two attached hydrogens (primary N) is 1. The van der Waals surface area contributed by atoms with Crippen LogP contribution in [0.2, 0.25) is 0 Å². The first-order valence-electron chi connectivity index (χ1n) is 5.45. The summed E-state index contributed by atoms with van der Waals surface area (Å²) in [5, 5.41) is 7.85. The van der Waals surface area contributed by atoms with Crippen molar-refractivity contribution in [3.05, 3.63) is 37.5 Å². The van der Waals surface area contributed by atoms with Crippen LogP contribution in [-0.4, -0.2) is 19.3 Å². The second-order valence-electron chi connectivity index (χ2n) is 4.02. The van der Waals surface area contributed by atoms with Crippen molar-refractivity contribution in [2.24, 2.45) is 5.14 Å². The molecule has 2 aromatic rings. The molecule has 0 radical (unpaired) electrons. The average Bonchev–Trinajstić information content (AvgIpc) is 2.73. The minimum atomic E-state index is -3.83. The molecule has 0 saturated carbocycles. The number of carbonyl (C=O) groups excluding carboxylic acids is 1. The highest BCUT2D eigenvalue weighted by molar-refractivity contribution is 14.1. The molecule has 1 amide bonds. The predicted molar refractivity (Wildman–Crippen MR) is 93.0 cm³/mol. The molecule has 0 aliphatic heterocycles. The number of nitrogens with zero attached hydrogens (tertiary/aromatic N) is 1. The van der Waals surface area contributed by atoms with Gasteiger partial charge in [0.1, 0.15) is 0 Å². The maximum Gasteiger partial charge on any atom is 0.258 e. The second-order valence-corrected chi connectivity index (χ2v) is 8.85. The van der Waals surface area contributed by atoms with Crippen LogP contribution in [0.4, 0.5) is 5.13 Å². The molecule has 0 aliphatic carbocycles. The first-order chi connectivity index (χ1) is 9.68. The zero-order valence-electron chi connectivity index (χ0n) is 10.6. The van der Waals surface area contributed by atoms with Gasteiger partial charge in [-0.25, -0.2) is 18.5 Å². The Morgan fingerprint density at radius 1 is 1.48 bits per heavy atom. The van der Waals surface area contributed by atoms with Crippen molar-refractivity contribution >= 4 is 70.9 Å². The monoisotopic (exact) mass is 501 g/mol. The zero-order valence-corrected chi connectivity index (χ0v) is 15.9. The fraction of sp³-hybridized carbons (Fsp3) is 0.0909. The third kappa shape index (κ3) is 4.00. The minimum absolute atomic E-state index is 0.0539. The number of carbonyl (C=O) groups is 1. The first kappa shape index (κ1) is 16.8. The number of thiazole rings is 1. The molecule has 112 valence electrons. The number of aromatic nitrogens is 1. The second kappa shape index (κ2) is 6.28. The molecule has 1 aromatic carbocycles. The van der Waals surface area contributed by atoms with Gasteiger partial charge in [0.25, 0.3) is 5.91 Å². The summed E-state index contributed by atoms with van der Waals surface area (Å²) in [7, 11) is -3.83.